The van der Waals surface area contributed by atoms with E-state index in [-0.39, 0.29) is 25.2 Å². The third-order valence-corrected chi connectivity index (χ3v) is 6.21. The summed E-state index contributed by atoms with van der Waals surface area (Å²) in [5.74, 6) is 0.778. The molecule has 3 aromatic rings. The minimum absolute atomic E-state index is 0.0288. The van der Waals surface area contributed by atoms with Gasteiger partial charge in [-0.25, -0.2) is 4.98 Å². The Morgan fingerprint density at radius 1 is 1.03 bits per heavy atom. The Hall–Kier alpha value is -3.59. The molecule has 0 bridgehead atoms. The molecule has 5 rings (SSSR count). The zero-order valence-electron chi connectivity index (χ0n) is 18.8. The Bertz CT molecular complexity index is 1210. The first-order valence-corrected chi connectivity index (χ1v) is 11.1. The highest BCUT2D eigenvalue weighted by atomic mass is 16.7. The average Bonchev–Trinajstić information content (AvgIpc) is 3.41. The van der Waals surface area contributed by atoms with Gasteiger partial charge in [0, 0.05) is 44.5 Å². The lowest BCUT2D eigenvalue weighted by atomic mass is 10.2. The second-order valence-corrected chi connectivity index (χ2v) is 8.48. The summed E-state index contributed by atoms with van der Waals surface area (Å²) < 4.78 is 12.7. The van der Waals surface area contributed by atoms with Gasteiger partial charge < -0.3 is 24.1 Å². The Morgan fingerprint density at radius 3 is 2.64 bits per heavy atom. The summed E-state index contributed by atoms with van der Waals surface area (Å²) >= 11 is 0. The second-order valence-electron chi connectivity index (χ2n) is 8.48. The molecule has 1 saturated heterocycles. The first-order valence-electron chi connectivity index (χ1n) is 11.1. The molecule has 1 fully saturated rings. The highest BCUT2D eigenvalue weighted by Crippen LogP contribution is 2.32. The van der Waals surface area contributed by atoms with E-state index in [9.17, 15) is 9.59 Å². The van der Waals surface area contributed by atoms with Gasteiger partial charge in [-0.15, -0.1) is 0 Å². The Kier molecular flexibility index (Phi) is 5.63. The number of fused-ring (bicyclic) bond motifs is 2. The molecule has 0 spiro atoms. The van der Waals surface area contributed by atoms with E-state index in [1.54, 1.807) is 23.1 Å². The van der Waals surface area contributed by atoms with Gasteiger partial charge in [0.05, 0.1) is 17.9 Å². The minimum atomic E-state index is -0.307. The van der Waals surface area contributed by atoms with E-state index in [1.807, 2.05) is 6.92 Å². The number of ether oxygens (including phenoxy) is 2. The van der Waals surface area contributed by atoms with Crippen molar-refractivity contribution in [3.63, 3.8) is 0 Å². The highest BCUT2D eigenvalue weighted by molar-refractivity contribution is 5.97. The van der Waals surface area contributed by atoms with Crippen molar-refractivity contribution in [1.82, 2.24) is 24.5 Å². The molecule has 0 aliphatic carbocycles. The van der Waals surface area contributed by atoms with Gasteiger partial charge in [0.2, 0.25) is 12.7 Å². The summed E-state index contributed by atoms with van der Waals surface area (Å²) in [6.07, 6.45) is 2.07. The molecular formula is C24H27N5O4. The molecule has 33 heavy (non-hydrogen) atoms. The number of aryl methyl sites for hydroxylation is 2. The van der Waals surface area contributed by atoms with E-state index in [1.165, 1.54) is 11.3 Å². The van der Waals surface area contributed by atoms with Crippen molar-refractivity contribution in [2.45, 2.75) is 20.4 Å². The number of rotatable bonds is 5. The van der Waals surface area contributed by atoms with Crippen LogP contribution in [0.3, 0.4) is 0 Å². The van der Waals surface area contributed by atoms with Gasteiger partial charge >= 0.3 is 0 Å². The van der Waals surface area contributed by atoms with Crippen molar-refractivity contribution in [3.8, 4) is 11.5 Å². The SMILES string of the molecule is Cc1ccn2c(CN3CCN(C(=O)CNC(=O)c4ccc5c(c4)OCO5)CC3)c(C)nc2c1. The molecule has 4 heterocycles. The maximum atomic E-state index is 12.6. The number of nitrogens with zero attached hydrogens (tertiary/aromatic N) is 4. The molecule has 172 valence electrons. The van der Waals surface area contributed by atoms with Gasteiger partial charge in [0.15, 0.2) is 11.5 Å². The number of aromatic nitrogens is 2. The van der Waals surface area contributed by atoms with Crippen LogP contribution in [0.5, 0.6) is 11.5 Å². The number of amides is 2. The molecule has 2 aliphatic heterocycles. The summed E-state index contributed by atoms with van der Waals surface area (Å²) in [6, 6.07) is 9.17. The lowest BCUT2D eigenvalue weighted by molar-refractivity contribution is -0.131. The van der Waals surface area contributed by atoms with Crippen LogP contribution in [-0.2, 0) is 11.3 Å². The molecule has 9 heteroatoms. The number of nitrogens with one attached hydrogen (secondary N) is 1. The molecule has 9 nitrogen and oxygen atoms in total. The van der Waals surface area contributed by atoms with Gasteiger partial charge in [-0.1, -0.05) is 0 Å². The topological polar surface area (TPSA) is 88.4 Å². The van der Waals surface area contributed by atoms with Crippen molar-refractivity contribution < 1.29 is 19.1 Å². The smallest absolute Gasteiger partial charge is 0.251 e. The quantitative estimate of drug-likeness (QED) is 0.639. The average molecular weight is 450 g/mol. The first-order chi connectivity index (χ1) is 16.0. The molecule has 2 amide bonds. The fourth-order valence-electron chi connectivity index (χ4n) is 4.28. The van der Waals surface area contributed by atoms with E-state index in [0.717, 1.165) is 31.0 Å². The molecule has 2 aliphatic rings. The van der Waals surface area contributed by atoms with Gasteiger partial charge in [-0.2, -0.15) is 0 Å². The number of piperazine rings is 1. The number of carbonyl (C=O) groups is 2. The monoisotopic (exact) mass is 449 g/mol. The van der Waals surface area contributed by atoms with Crippen LogP contribution in [0, 0.1) is 13.8 Å². The first kappa shape index (κ1) is 21.3. The molecule has 1 aromatic carbocycles. The van der Waals surface area contributed by atoms with Crippen LogP contribution in [0.15, 0.2) is 36.5 Å². The Balaban J connectivity index is 1.12. The standard InChI is InChI=1S/C24H27N5O4/c1-16-5-6-29-19(17(2)26-22(29)11-16)14-27-7-9-28(10-8-27)23(30)13-25-24(31)18-3-4-20-21(12-18)33-15-32-20/h3-6,11-12H,7-10,13-15H2,1-2H3,(H,25,31). The van der Waals surface area contributed by atoms with Crippen molar-refractivity contribution in [1.29, 1.82) is 0 Å². The Labute approximate surface area is 191 Å². The fourth-order valence-corrected chi connectivity index (χ4v) is 4.28. The number of hydrogen-bond acceptors (Lipinski definition) is 6. The van der Waals surface area contributed by atoms with Crippen molar-refractivity contribution in [2.75, 3.05) is 39.5 Å². The number of carbonyl (C=O) groups excluding carboxylic acids is 2. The molecule has 2 aromatic heterocycles. The van der Waals surface area contributed by atoms with E-state index in [0.29, 0.717) is 30.2 Å². The lowest BCUT2D eigenvalue weighted by Gasteiger charge is -2.34. The van der Waals surface area contributed by atoms with Crippen LogP contribution in [0.2, 0.25) is 0 Å². The highest BCUT2D eigenvalue weighted by Gasteiger charge is 2.23. The summed E-state index contributed by atoms with van der Waals surface area (Å²) in [7, 11) is 0. The van der Waals surface area contributed by atoms with Crippen LogP contribution in [0.1, 0.15) is 27.3 Å². The largest absolute Gasteiger partial charge is 0.454 e. The zero-order valence-corrected chi connectivity index (χ0v) is 18.8. The van der Waals surface area contributed by atoms with E-state index in [2.05, 4.69) is 44.9 Å². The predicted octanol–water partition coefficient (Wildman–Crippen LogP) is 1.75. The number of pyridine rings is 1. The predicted molar refractivity (Wildman–Crippen MR) is 121 cm³/mol. The molecule has 0 radical (unpaired) electrons. The van der Waals surface area contributed by atoms with Crippen LogP contribution >= 0.6 is 0 Å². The fraction of sp³-hybridized carbons (Fsp3) is 0.375. The van der Waals surface area contributed by atoms with E-state index >= 15 is 0 Å². The van der Waals surface area contributed by atoms with E-state index < -0.39 is 0 Å². The molecule has 1 N–H and O–H groups in total. The van der Waals surface area contributed by atoms with Gasteiger partial charge in [0.25, 0.3) is 5.91 Å². The minimum Gasteiger partial charge on any atom is -0.454 e. The van der Waals surface area contributed by atoms with Crippen LogP contribution < -0.4 is 14.8 Å². The molecular weight excluding hydrogens is 422 g/mol. The molecule has 0 unspecified atom stereocenters. The number of imidazole rings is 1. The summed E-state index contributed by atoms with van der Waals surface area (Å²) in [5, 5.41) is 2.72. The van der Waals surface area contributed by atoms with Crippen LogP contribution in [0.4, 0.5) is 0 Å². The summed E-state index contributed by atoms with van der Waals surface area (Å²) in [5.41, 5.74) is 4.81. The third kappa shape index (κ3) is 4.36. The van der Waals surface area contributed by atoms with E-state index in [4.69, 9.17) is 9.47 Å². The van der Waals surface area contributed by atoms with Gasteiger partial charge in [-0.3, -0.25) is 14.5 Å². The molecule has 0 saturated carbocycles. The van der Waals surface area contributed by atoms with Crippen molar-refractivity contribution in [3.05, 3.63) is 59.0 Å². The Morgan fingerprint density at radius 2 is 1.82 bits per heavy atom. The number of benzene rings is 1. The van der Waals surface area contributed by atoms with Crippen LogP contribution in [0.25, 0.3) is 5.65 Å². The normalized spacial score (nSPS) is 15.8. The van der Waals surface area contributed by atoms with Gasteiger partial charge in [-0.05, 0) is 49.7 Å². The summed E-state index contributed by atoms with van der Waals surface area (Å²) in [6.45, 7) is 7.85. The zero-order chi connectivity index (χ0) is 22.9. The van der Waals surface area contributed by atoms with Crippen molar-refractivity contribution in [2.24, 2.45) is 0 Å². The maximum absolute atomic E-state index is 12.6. The number of hydrogen-bond donors (Lipinski definition) is 1. The van der Waals surface area contributed by atoms with Crippen LogP contribution in [-0.4, -0.2) is 70.5 Å². The van der Waals surface area contributed by atoms with Gasteiger partial charge in [0.1, 0.15) is 5.65 Å². The van der Waals surface area contributed by atoms with Crippen molar-refractivity contribution >= 4 is 17.5 Å². The molecule has 0 atom stereocenters. The third-order valence-electron chi connectivity index (χ3n) is 6.21. The lowest BCUT2D eigenvalue weighted by Crippen LogP contribution is -2.51. The summed E-state index contributed by atoms with van der Waals surface area (Å²) in [4.78, 5) is 33.9. The maximum Gasteiger partial charge on any atom is 0.251 e. The second kappa shape index (κ2) is 8.74.